The Bertz CT molecular complexity index is 716. The van der Waals surface area contributed by atoms with E-state index in [2.05, 4.69) is 4.98 Å². The van der Waals surface area contributed by atoms with Crippen molar-refractivity contribution in [3.05, 3.63) is 60.2 Å². The molecular weight excluding hydrogens is 231 g/mol. The monoisotopic (exact) mass is 240 g/mol. The van der Waals surface area contributed by atoms with Gasteiger partial charge in [-0.2, -0.15) is 0 Å². The average molecular weight is 240 g/mol. The number of imidazole rings is 1. The first kappa shape index (κ1) is 10.7. The summed E-state index contributed by atoms with van der Waals surface area (Å²) in [5.74, 6) is 0.336. The van der Waals surface area contributed by atoms with Crippen LogP contribution >= 0.6 is 0 Å². The van der Waals surface area contributed by atoms with Crippen molar-refractivity contribution in [2.24, 2.45) is 0 Å². The zero-order valence-electron chi connectivity index (χ0n) is 9.38. The number of halogens is 1. The van der Waals surface area contributed by atoms with Crippen molar-refractivity contribution < 1.29 is 9.18 Å². The van der Waals surface area contributed by atoms with Gasteiger partial charge in [0.1, 0.15) is 17.3 Å². The second-order valence-electron chi connectivity index (χ2n) is 3.90. The molecular formula is C14H9FN2O. The Kier molecular flexibility index (Phi) is 2.41. The molecule has 4 heteroatoms. The van der Waals surface area contributed by atoms with Gasteiger partial charge in [-0.3, -0.25) is 9.20 Å². The van der Waals surface area contributed by atoms with Crippen LogP contribution in [0.15, 0.2) is 48.7 Å². The number of pyridine rings is 1. The fraction of sp³-hybridized carbons (Fsp3) is 0. The molecule has 2 heterocycles. The maximum atomic E-state index is 12.9. The lowest BCUT2D eigenvalue weighted by atomic mass is 10.2. The number of carbonyl (C=O) groups is 1. The number of carbonyl (C=O) groups excluding carboxylic acids is 1. The van der Waals surface area contributed by atoms with Crippen LogP contribution in [-0.4, -0.2) is 15.7 Å². The van der Waals surface area contributed by atoms with Crippen LogP contribution in [0.5, 0.6) is 0 Å². The van der Waals surface area contributed by atoms with E-state index in [1.807, 2.05) is 28.8 Å². The molecule has 88 valence electrons. The number of aldehydes is 1. The number of benzene rings is 1. The molecule has 3 aromatic rings. The van der Waals surface area contributed by atoms with Crippen molar-refractivity contribution >= 4 is 11.8 Å². The van der Waals surface area contributed by atoms with E-state index >= 15 is 0 Å². The van der Waals surface area contributed by atoms with E-state index < -0.39 is 0 Å². The fourth-order valence-electron chi connectivity index (χ4n) is 1.95. The molecule has 2 aromatic heterocycles. The van der Waals surface area contributed by atoms with Gasteiger partial charge in [0.2, 0.25) is 0 Å². The van der Waals surface area contributed by atoms with Crippen LogP contribution in [0.4, 0.5) is 4.39 Å². The molecule has 18 heavy (non-hydrogen) atoms. The van der Waals surface area contributed by atoms with E-state index in [1.54, 1.807) is 12.1 Å². The van der Waals surface area contributed by atoms with Gasteiger partial charge < -0.3 is 0 Å². The van der Waals surface area contributed by atoms with Crippen LogP contribution in [-0.2, 0) is 0 Å². The van der Waals surface area contributed by atoms with Crippen molar-refractivity contribution in [2.45, 2.75) is 0 Å². The Morgan fingerprint density at radius 1 is 1.11 bits per heavy atom. The van der Waals surface area contributed by atoms with Crippen molar-refractivity contribution in [1.29, 1.82) is 0 Å². The van der Waals surface area contributed by atoms with Crippen LogP contribution in [0.2, 0.25) is 0 Å². The van der Waals surface area contributed by atoms with Crippen LogP contribution in [0.3, 0.4) is 0 Å². The highest BCUT2D eigenvalue weighted by atomic mass is 19.1. The summed E-state index contributed by atoms with van der Waals surface area (Å²) >= 11 is 0. The molecule has 0 spiro atoms. The topological polar surface area (TPSA) is 34.4 Å². The third-order valence-electron chi connectivity index (χ3n) is 2.79. The number of aromatic nitrogens is 2. The summed E-state index contributed by atoms with van der Waals surface area (Å²) in [6, 6.07) is 11.6. The SMILES string of the molecule is O=Cc1nc(-c2ccc(F)cc2)n2ccccc12. The Hall–Kier alpha value is -2.49. The minimum absolute atomic E-state index is 0.296. The molecule has 0 saturated carbocycles. The van der Waals surface area contributed by atoms with Crippen LogP contribution in [0.25, 0.3) is 16.9 Å². The quantitative estimate of drug-likeness (QED) is 0.645. The van der Waals surface area contributed by atoms with Crippen LogP contribution in [0.1, 0.15) is 10.5 Å². The van der Waals surface area contributed by atoms with Gasteiger partial charge in [0.25, 0.3) is 0 Å². The molecule has 0 bridgehead atoms. The largest absolute Gasteiger partial charge is 0.299 e. The zero-order valence-corrected chi connectivity index (χ0v) is 9.38. The second kappa shape index (κ2) is 4.07. The number of nitrogens with zero attached hydrogens (tertiary/aromatic N) is 2. The smallest absolute Gasteiger partial charge is 0.170 e. The van der Waals surface area contributed by atoms with Gasteiger partial charge in [0.05, 0.1) is 5.52 Å². The molecule has 0 atom stereocenters. The van der Waals surface area contributed by atoms with E-state index in [-0.39, 0.29) is 5.82 Å². The Balaban J connectivity index is 2.29. The third kappa shape index (κ3) is 1.59. The highest BCUT2D eigenvalue weighted by Gasteiger charge is 2.11. The van der Waals surface area contributed by atoms with Gasteiger partial charge in [-0.05, 0) is 36.4 Å². The lowest BCUT2D eigenvalue weighted by molar-refractivity contribution is 0.112. The minimum atomic E-state index is -0.296. The van der Waals surface area contributed by atoms with E-state index in [0.717, 1.165) is 17.4 Å². The number of hydrogen-bond acceptors (Lipinski definition) is 2. The first-order chi connectivity index (χ1) is 8.79. The van der Waals surface area contributed by atoms with Gasteiger partial charge in [-0.1, -0.05) is 6.07 Å². The first-order valence-electron chi connectivity index (χ1n) is 5.48. The highest BCUT2D eigenvalue weighted by Crippen LogP contribution is 2.22. The molecule has 0 aliphatic rings. The van der Waals surface area contributed by atoms with Crippen molar-refractivity contribution in [1.82, 2.24) is 9.38 Å². The zero-order chi connectivity index (χ0) is 12.5. The standard InChI is InChI=1S/C14H9FN2O/c15-11-6-4-10(5-7-11)14-16-12(9-18)13-3-1-2-8-17(13)14/h1-9H. The van der Waals surface area contributed by atoms with E-state index in [4.69, 9.17) is 0 Å². The van der Waals surface area contributed by atoms with Crippen LogP contribution < -0.4 is 0 Å². The van der Waals surface area contributed by atoms with E-state index in [0.29, 0.717) is 11.5 Å². The average Bonchev–Trinajstić information content (AvgIpc) is 2.79. The molecule has 0 aliphatic carbocycles. The fourth-order valence-corrected chi connectivity index (χ4v) is 1.95. The molecule has 1 aromatic carbocycles. The number of hydrogen-bond donors (Lipinski definition) is 0. The number of rotatable bonds is 2. The summed E-state index contributed by atoms with van der Waals surface area (Å²) in [6.45, 7) is 0. The third-order valence-corrected chi connectivity index (χ3v) is 2.79. The van der Waals surface area contributed by atoms with Crippen molar-refractivity contribution in [3.63, 3.8) is 0 Å². The summed E-state index contributed by atoms with van der Waals surface area (Å²) in [4.78, 5) is 15.3. The Labute approximate surface area is 103 Å². The van der Waals surface area contributed by atoms with E-state index in [9.17, 15) is 9.18 Å². The predicted molar refractivity (Wildman–Crippen MR) is 66.0 cm³/mol. The summed E-state index contributed by atoms with van der Waals surface area (Å²) < 4.78 is 14.7. The number of fused-ring (bicyclic) bond motifs is 1. The van der Waals surface area contributed by atoms with Gasteiger partial charge in [0, 0.05) is 11.8 Å². The van der Waals surface area contributed by atoms with Crippen molar-refractivity contribution in [3.8, 4) is 11.4 Å². The van der Waals surface area contributed by atoms with Gasteiger partial charge >= 0.3 is 0 Å². The van der Waals surface area contributed by atoms with Gasteiger partial charge in [0.15, 0.2) is 6.29 Å². The van der Waals surface area contributed by atoms with E-state index in [1.165, 1.54) is 12.1 Å². The minimum Gasteiger partial charge on any atom is -0.299 e. The predicted octanol–water partition coefficient (Wildman–Crippen LogP) is 2.95. The maximum absolute atomic E-state index is 12.9. The highest BCUT2D eigenvalue weighted by molar-refractivity contribution is 5.85. The second-order valence-corrected chi connectivity index (χ2v) is 3.90. The molecule has 0 N–H and O–H groups in total. The molecule has 3 rings (SSSR count). The summed E-state index contributed by atoms with van der Waals surface area (Å²) in [5, 5.41) is 0. The normalized spacial score (nSPS) is 10.7. The van der Waals surface area contributed by atoms with Gasteiger partial charge in [-0.15, -0.1) is 0 Å². The molecule has 0 saturated heterocycles. The molecule has 0 aliphatic heterocycles. The summed E-state index contributed by atoms with van der Waals surface area (Å²) in [7, 11) is 0. The Morgan fingerprint density at radius 2 is 1.89 bits per heavy atom. The summed E-state index contributed by atoms with van der Waals surface area (Å²) in [6.07, 6.45) is 2.55. The van der Waals surface area contributed by atoms with Crippen molar-refractivity contribution in [2.75, 3.05) is 0 Å². The maximum Gasteiger partial charge on any atom is 0.170 e. The lowest BCUT2D eigenvalue weighted by Gasteiger charge is -2.00. The van der Waals surface area contributed by atoms with Crippen LogP contribution in [0, 0.1) is 5.82 Å². The summed E-state index contributed by atoms with van der Waals surface area (Å²) in [5.41, 5.74) is 1.90. The molecule has 0 radical (unpaired) electrons. The molecule has 0 unspecified atom stereocenters. The molecule has 3 nitrogen and oxygen atoms in total. The molecule has 0 fully saturated rings. The Morgan fingerprint density at radius 3 is 2.61 bits per heavy atom. The van der Waals surface area contributed by atoms with Gasteiger partial charge in [-0.25, -0.2) is 9.37 Å². The molecule has 0 amide bonds. The first-order valence-corrected chi connectivity index (χ1v) is 5.48. The lowest BCUT2D eigenvalue weighted by Crippen LogP contribution is -1.88.